The first-order valence-corrected chi connectivity index (χ1v) is 12.8. The number of hydrazine groups is 1. The van der Waals surface area contributed by atoms with Crippen molar-refractivity contribution in [3.8, 4) is 5.69 Å². The molecule has 0 spiro atoms. The van der Waals surface area contributed by atoms with Gasteiger partial charge in [0.25, 0.3) is 11.8 Å². The minimum Gasteiger partial charge on any atom is -0.380 e. The summed E-state index contributed by atoms with van der Waals surface area (Å²) in [6.07, 6.45) is 5.20. The lowest BCUT2D eigenvalue weighted by atomic mass is 10.0. The summed E-state index contributed by atoms with van der Waals surface area (Å²) in [5.41, 5.74) is 6.03. The molecule has 2 amide bonds. The molecule has 3 heterocycles. The van der Waals surface area contributed by atoms with E-state index in [2.05, 4.69) is 15.8 Å². The predicted molar refractivity (Wildman–Crippen MR) is 142 cm³/mol. The van der Waals surface area contributed by atoms with E-state index in [1.807, 2.05) is 84.1 Å². The summed E-state index contributed by atoms with van der Waals surface area (Å²) in [6, 6.07) is 18.3. The van der Waals surface area contributed by atoms with Crippen LogP contribution in [0.3, 0.4) is 0 Å². The van der Waals surface area contributed by atoms with E-state index in [1.165, 1.54) is 0 Å². The number of benzene rings is 2. The van der Waals surface area contributed by atoms with Gasteiger partial charge in [-0.25, -0.2) is 10.1 Å². The zero-order valence-corrected chi connectivity index (χ0v) is 21.1. The number of aliphatic hydroxyl groups is 2. The van der Waals surface area contributed by atoms with Gasteiger partial charge in [-0.2, -0.15) is 5.10 Å². The van der Waals surface area contributed by atoms with Gasteiger partial charge in [0.2, 0.25) is 0 Å². The monoisotopic (exact) mass is 516 g/mol. The number of amides is 2. The summed E-state index contributed by atoms with van der Waals surface area (Å²) in [4.78, 5) is 27.5. The molecule has 198 valence electrons. The molecule has 1 fully saturated rings. The highest BCUT2D eigenvalue weighted by molar-refractivity contribution is 5.91. The molecule has 1 saturated heterocycles. The molecule has 4 N–H and O–H groups in total. The minimum atomic E-state index is -1.89. The van der Waals surface area contributed by atoms with E-state index in [4.69, 9.17) is 0 Å². The second kappa shape index (κ2) is 11.2. The molecule has 2 aliphatic rings. The second-order valence-electron chi connectivity index (χ2n) is 9.61. The molecule has 2 aromatic carbocycles. The standard InChI is InChI=1S/C28H32N6O4/c1-19(20-10-12-22(13-11-20)33-17-6-15-29-33)30-27(37)25(35)26(36)28(38)32-16-5-9-24(32)23-14-18-34(31-23)21-7-3-2-4-8-21/h2-4,6-8,10-15,17-19,23-26,31,35-36H,5,9,16H2,1H3,(H,30,37)/t19-,23?,24-,25-,26-/m1/s1. The lowest BCUT2D eigenvalue weighted by Gasteiger charge is -2.32. The third-order valence-electron chi connectivity index (χ3n) is 7.10. The van der Waals surface area contributed by atoms with Crippen LogP contribution in [0.5, 0.6) is 0 Å². The Kier molecular flexibility index (Phi) is 7.54. The van der Waals surface area contributed by atoms with E-state index in [1.54, 1.807) is 22.7 Å². The van der Waals surface area contributed by atoms with Crippen LogP contribution in [0.2, 0.25) is 0 Å². The Morgan fingerprint density at radius 3 is 2.50 bits per heavy atom. The molecule has 2 aliphatic heterocycles. The smallest absolute Gasteiger partial charge is 0.255 e. The zero-order valence-electron chi connectivity index (χ0n) is 21.1. The molecule has 0 aliphatic carbocycles. The zero-order chi connectivity index (χ0) is 26.6. The number of hydrogen-bond acceptors (Lipinski definition) is 7. The molecule has 10 heteroatoms. The fourth-order valence-electron chi connectivity index (χ4n) is 5.00. The first-order chi connectivity index (χ1) is 18.4. The fraction of sp³-hybridized carbons (Fsp3) is 0.321. The number of aliphatic hydroxyl groups excluding tert-OH is 2. The Balaban J connectivity index is 1.17. The number of likely N-dealkylation sites (tertiary alicyclic amines) is 1. The van der Waals surface area contributed by atoms with Crippen molar-refractivity contribution in [3.05, 3.63) is 90.9 Å². The normalized spacial score (nSPS) is 21.3. The second-order valence-corrected chi connectivity index (χ2v) is 9.61. The van der Waals surface area contributed by atoms with Gasteiger partial charge in [-0.05, 0) is 61.7 Å². The Labute approximate surface area is 221 Å². The van der Waals surface area contributed by atoms with Crippen LogP contribution in [0.4, 0.5) is 5.69 Å². The molecule has 5 atom stereocenters. The van der Waals surface area contributed by atoms with Crippen LogP contribution < -0.4 is 15.8 Å². The molecule has 3 aromatic rings. The summed E-state index contributed by atoms with van der Waals surface area (Å²) in [5, 5.41) is 30.0. The van der Waals surface area contributed by atoms with E-state index >= 15 is 0 Å². The van der Waals surface area contributed by atoms with Gasteiger partial charge >= 0.3 is 0 Å². The van der Waals surface area contributed by atoms with Crippen LogP contribution in [0, 0.1) is 0 Å². The summed E-state index contributed by atoms with van der Waals surface area (Å²) < 4.78 is 1.72. The van der Waals surface area contributed by atoms with E-state index in [0.717, 1.165) is 29.8 Å². The van der Waals surface area contributed by atoms with Crippen molar-refractivity contribution < 1.29 is 19.8 Å². The van der Waals surface area contributed by atoms with Gasteiger partial charge in [-0.15, -0.1) is 0 Å². The van der Waals surface area contributed by atoms with Crippen molar-refractivity contribution in [3.63, 3.8) is 0 Å². The lowest BCUT2D eigenvalue weighted by Crippen LogP contribution is -2.55. The topological polar surface area (TPSA) is 123 Å². The number of rotatable bonds is 8. The molecule has 38 heavy (non-hydrogen) atoms. The Morgan fingerprint density at radius 2 is 1.79 bits per heavy atom. The predicted octanol–water partition coefficient (Wildman–Crippen LogP) is 1.67. The SMILES string of the molecule is C[C@@H](NC(=O)[C@H](O)[C@@H](O)C(=O)N1CCC[C@@H]1C1C=CN(c2ccccc2)N1)c1ccc(-n2cccn2)cc1. The number of hydrogen-bond donors (Lipinski definition) is 4. The van der Waals surface area contributed by atoms with Crippen LogP contribution in [0.1, 0.15) is 31.4 Å². The fourth-order valence-corrected chi connectivity index (χ4v) is 5.00. The third-order valence-corrected chi connectivity index (χ3v) is 7.10. The maximum atomic E-state index is 13.2. The van der Waals surface area contributed by atoms with E-state index in [-0.39, 0.29) is 12.1 Å². The van der Waals surface area contributed by atoms with Gasteiger partial charge in [-0.1, -0.05) is 30.3 Å². The van der Waals surface area contributed by atoms with Crippen molar-refractivity contribution in [1.29, 1.82) is 0 Å². The number of para-hydroxylation sites is 1. The maximum Gasteiger partial charge on any atom is 0.255 e. The molecule has 0 radical (unpaired) electrons. The Morgan fingerprint density at radius 1 is 1.03 bits per heavy atom. The number of anilines is 1. The molecule has 1 unspecified atom stereocenters. The van der Waals surface area contributed by atoms with Crippen LogP contribution in [-0.4, -0.2) is 67.5 Å². The number of carbonyl (C=O) groups excluding carboxylic acids is 2. The van der Waals surface area contributed by atoms with Crippen LogP contribution in [0.25, 0.3) is 5.69 Å². The van der Waals surface area contributed by atoms with E-state index < -0.39 is 30.1 Å². The molecule has 10 nitrogen and oxygen atoms in total. The summed E-state index contributed by atoms with van der Waals surface area (Å²) in [6.45, 7) is 2.22. The Bertz CT molecular complexity index is 1260. The maximum absolute atomic E-state index is 13.2. The van der Waals surface area contributed by atoms with Gasteiger partial charge in [-0.3, -0.25) is 14.6 Å². The first-order valence-electron chi connectivity index (χ1n) is 12.8. The molecule has 5 rings (SSSR count). The highest BCUT2D eigenvalue weighted by Gasteiger charge is 2.41. The number of nitrogens with one attached hydrogen (secondary N) is 2. The van der Waals surface area contributed by atoms with Crippen molar-refractivity contribution in [2.75, 3.05) is 11.6 Å². The average Bonchev–Trinajstić information content (AvgIpc) is 3.74. The van der Waals surface area contributed by atoms with Crippen molar-refractivity contribution in [2.24, 2.45) is 0 Å². The minimum absolute atomic E-state index is 0.149. The van der Waals surface area contributed by atoms with Crippen LogP contribution >= 0.6 is 0 Å². The molecule has 0 bridgehead atoms. The van der Waals surface area contributed by atoms with E-state index in [0.29, 0.717) is 6.54 Å². The lowest BCUT2D eigenvalue weighted by molar-refractivity contribution is -0.154. The van der Waals surface area contributed by atoms with Crippen molar-refractivity contribution >= 4 is 17.5 Å². The van der Waals surface area contributed by atoms with Crippen LogP contribution in [-0.2, 0) is 9.59 Å². The molecular weight excluding hydrogens is 484 g/mol. The average molecular weight is 517 g/mol. The largest absolute Gasteiger partial charge is 0.380 e. The summed E-state index contributed by atoms with van der Waals surface area (Å²) >= 11 is 0. The quantitative estimate of drug-likeness (QED) is 0.359. The first kappa shape index (κ1) is 25.7. The van der Waals surface area contributed by atoms with Crippen molar-refractivity contribution in [1.82, 2.24) is 25.4 Å². The summed E-state index contributed by atoms with van der Waals surface area (Å²) in [7, 11) is 0. The van der Waals surface area contributed by atoms with Gasteiger partial charge < -0.3 is 20.4 Å². The van der Waals surface area contributed by atoms with Gasteiger partial charge in [0.1, 0.15) is 0 Å². The van der Waals surface area contributed by atoms with Gasteiger partial charge in [0.05, 0.1) is 29.5 Å². The highest BCUT2D eigenvalue weighted by atomic mass is 16.3. The number of aromatic nitrogens is 2. The number of carbonyl (C=O) groups is 2. The van der Waals surface area contributed by atoms with Crippen molar-refractivity contribution in [2.45, 2.75) is 50.1 Å². The van der Waals surface area contributed by atoms with Gasteiger partial charge in [0, 0.05) is 25.1 Å². The van der Waals surface area contributed by atoms with Gasteiger partial charge in [0.15, 0.2) is 12.2 Å². The third kappa shape index (κ3) is 5.33. The van der Waals surface area contributed by atoms with Crippen LogP contribution in [0.15, 0.2) is 85.3 Å². The molecular formula is C28H32N6O4. The molecule has 1 aromatic heterocycles. The number of nitrogens with zero attached hydrogens (tertiary/aromatic N) is 4. The molecule has 0 saturated carbocycles. The van der Waals surface area contributed by atoms with E-state index in [9.17, 15) is 19.8 Å². The summed E-state index contributed by atoms with van der Waals surface area (Å²) in [5.74, 6) is -1.46. The highest BCUT2D eigenvalue weighted by Crippen LogP contribution is 2.26. The Hall–Kier alpha value is -3.99.